The molecule has 0 bridgehead atoms. The van der Waals surface area contributed by atoms with E-state index in [4.69, 9.17) is 9.47 Å². The summed E-state index contributed by atoms with van der Waals surface area (Å²) >= 11 is 0. The van der Waals surface area contributed by atoms with Gasteiger partial charge in [0.15, 0.2) is 0 Å². The number of aliphatic hydroxyl groups excluding tert-OH is 1. The second-order valence-electron chi connectivity index (χ2n) is 10.7. The van der Waals surface area contributed by atoms with Gasteiger partial charge in [0, 0.05) is 11.7 Å². The molecule has 0 radical (unpaired) electrons. The summed E-state index contributed by atoms with van der Waals surface area (Å²) in [5.41, 5.74) is 2.34. The van der Waals surface area contributed by atoms with E-state index in [0.717, 1.165) is 17.5 Å². The molecule has 0 spiro atoms. The summed E-state index contributed by atoms with van der Waals surface area (Å²) in [7, 11) is 1.56. The number of methoxy groups -OCH3 is 1. The summed E-state index contributed by atoms with van der Waals surface area (Å²) in [5.74, 6) is -0.284. The number of nitrogens with zero attached hydrogens (tertiary/aromatic N) is 1. The number of hydrogen-bond acceptors (Lipinski definition) is 6. The number of ether oxygens (including phenoxy) is 2. The maximum absolute atomic E-state index is 13.9. The fourth-order valence-electron chi connectivity index (χ4n) is 4.43. The van der Waals surface area contributed by atoms with E-state index in [1.54, 1.807) is 52.1 Å². The number of aryl methyl sites for hydroxylation is 2. The smallest absolute Gasteiger partial charge is 0.408 e. The van der Waals surface area contributed by atoms with Crippen molar-refractivity contribution in [1.82, 2.24) is 10.2 Å². The largest absolute Gasteiger partial charge is 0.497 e. The number of hydrogen-bond donors (Lipinski definition) is 3. The summed E-state index contributed by atoms with van der Waals surface area (Å²) in [4.78, 5) is 41.8. The molecule has 1 saturated carbocycles. The van der Waals surface area contributed by atoms with Crippen LogP contribution in [-0.4, -0.2) is 59.3 Å². The molecule has 3 N–H and O–H groups in total. The zero-order chi connectivity index (χ0) is 28.0. The minimum absolute atomic E-state index is 0.218. The number of amides is 3. The molecule has 38 heavy (non-hydrogen) atoms. The number of anilines is 1. The Labute approximate surface area is 224 Å². The predicted molar refractivity (Wildman–Crippen MR) is 145 cm³/mol. The maximum Gasteiger partial charge on any atom is 0.408 e. The Morgan fingerprint density at radius 2 is 1.74 bits per heavy atom. The number of carbonyl (C=O) groups is 3. The zero-order valence-corrected chi connectivity index (χ0v) is 23.0. The molecule has 0 heterocycles. The molecule has 0 aromatic heterocycles. The van der Waals surface area contributed by atoms with Gasteiger partial charge in [0.25, 0.3) is 5.91 Å². The average Bonchev–Trinajstić information content (AvgIpc) is 2.81. The molecule has 2 aromatic rings. The lowest BCUT2D eigenvalue weighted by molar-refractivity contribution is -0.146. The minimum atomic E-state index is -1.27. The number of benzene rings is 2. The van der Waals surface area contributed by atoms with Crippen LogP contribution in [0.2, 0.25) is 0 Å². The summed E-state index contributed by atoms with van der Waals surface area (Å²) in [6.07, 6.45) is 1.53. The summed E-state index contributed by atoms with van der Waals surface area (Å²) < 4.78 is 10.5. The van der Waals surface area contributed by atoms with Crippen molar-refractivity contribution in [1.29, 1.82) is 0 Å². The number of carbonyl (C=O) groups excluding carboxylic acids is 3. The molecule has 0 saturated heterocycles. The lowest BCUT2D eigenvalue weighted by Crippen LogP contribution is -2.58. The highest BCUT2D eigenvalue weighted by Crippen LogP contribution is 2.35. The summed E-state index contributed by atoms with van der Waals surface area (Å²) in [5, 5.41) is 15.5. The molecule has 1 fully saturated rings. The van der Waals surface area contributed by atoms with Gasteiger partial charge in [-0.1, -0.05) is 23.8 Å². The van der Waals surface area contributed by atoms with Gasteiger partial charge in [-0.25, -0.2) is 4.79 Å². The van der Waals surface area contributed by atoms with Crippen LogP contribution in [0.25, 0.3) is 0 Å². The van der Waals surface area contributed by atoms with Gasteiger partial charge >= 0.3 is 6.09 Å². The standard InChI is InChI=1S/C29H39N3O6/c1-18-10-15-23(19(2)16-18)25(26(34)30-20-11-13-22(37-6)14-12-20)32(21-8-7-9-21)27(35)24(17-33)31-28(36)38-29(3,4)5/h10-16,21,24-25,33H,7-9,17H2,1-6H3,(H,30,34)(H,31,36). The number of alkyl carbamates (subject to hydrolysis) is 1. The van der Waals surface area contributed by atoms with Crippen molar-refractivity contribution in [2.45, 2.75) is 77.6 Å². The topological polar surface area (TPSA) is 117 Å². The van der Waals surface area contributed by atoms with Crippen LogP contribution in [0.1, 0.15) is 62.8 Å². The van der Waals surface area contributed by atoms with Gasteiger partial charge in [0.2, 0.25) is 5.91 Å². The van der Waals surface area contributed by atoms with Gasteiger partial charge in [-0.3, -0.25) is 9.59 Å². The molecule has 0 aliphatic heterocycles. The number of aliphatic hydroxyl groups is 1. The second kappa shape index (κ2) is 12.3. The first kappa shape index (κ1) is 29.0. The van der Waals surface area contributed by atoms with E-state index in [2.05, 4.69) is 10.6 Å². The average molecular weight is 526 g/mol. The van der Waals surface area contributed by atoms with E-state index >= 15 is 0 Å². The zero-order valence-electron chi connectivity index (χ0n) is 23.0. The van der Waals surface area contributed by atoms with Gasteiger partial charge in [-0.2, -0.15) is 0 Å². The van der Waals surface area contributed by atoms with Crippen LogP contribution >= 0.6 is 0 Å². The SMILES string of the molecule is COc1ccc(NC(=O)C(c2ccc(C)cc2C)N(C(=O)C(CO)NC(=O)OC(C)(C)C)C2CCC2)cc1. The van der Waals surface area contributed by atoms with E-state index in [1.807, 2.05) is 32.0 Å². The minimum Gasteiger partial charge on any atom is -0.497 e. The molecule has 1 aliphatic carbocycles. The molecule has 2 atom stereocenters. The van der Waals surface area contributed by atoms with Gasteiger partial charge < -0.3 is 30.1 Å². The lowest BCUT2D eigenvalue weighted by Gasteiger charge is -2.43. The Hall–Kier alpha value is -3.59. The van der Waals surface area contributed by atoms with Crippen molar-refractivity contribution in [2.75, 3.05) is 19.0 Å². The third-order valence-electron chi connectivity index (χ3n) is 6.50. The van der Waals surface area contributed by atoms with Gasteiger partial charge in [0.05, 0.1) is 13.7 Å². The lowest BCUT2D eigenvalue weighted by atomic mass is 9.87. The van der Waals surface area contributed by atoms with Crippen LogP contribution in [0.3, 0.4) is 0 Å². The van der Waals surface area contributed by atoms with Crippen molar-refractivity contribution >= 4 is 23.6 Å². The molecule has 3 rings (SSSR count). The molecular formula is C29H39N3O6. The third-order valence-corrected chi connectivity index (χ3v) is 6.50. The third kappa shape index (κ3) is 7.25. The first-order valence-electron chi connectivity index (χ1n) is 12.9. The first-order valence-corrected chi connectivity index (χ1v) is 12.9. The number of nitrogens with one attached hydrogen (secondary N) is 2. The van der Waals surface area contributed by atoms with E-state index in [0.29, 0.717) is 29.8 Å². The summed E-state index contributed by atoms with van der Waals surface area (Å²) in [6, 6.07) is 10.2. The Bertz CT molecular complexity index is 1140. The van der Waals surface area contributed by atoms with Crippen LogP contribution in [0.15, 0.2) is 42.5 Å². The van der Waals surface area contributed by atoms with Crippen molar-refractivity contribution in [2.24, 2.45) is 0 Å². The van der Waals surface area contributed by atoms with Crippen LogP contribution < -0.4 is 15.4 Å². The highest BCUT2D eigenvalue weighted by Gasteiger charge is 2.42. The van der Waals surface area contributed by atoms with Gasteiger partial charge in [-0.15, -0.1) is 0 Å². The van der Waals surface area contributed by atoms with E-state index in [9.17, 15) is 19.5 Å². The fraction of sp³-hybridized carbons (Fsp3) is 0.483. The van der Waals surface area contributed by atoms with Gasteiger partial charge in [0.1, 0.15) is 23.4 Å². The Morgan fingerprint density at radius 1 is 1.08 bits per heavy atom. The van der Waals surface area contributed by atoms with E-state index in [1.165, 1.54) is 4.90 Å². The normalized spacial score (nSPS) is 15.0. The quantitative estimate of drug-likeness (QED) is 0.450. The summed E-state index contributed by atoms with van der Waals surface area (Å²) in [6.45, 7) is 8.36. The first-order chi connectivity index (χ1) is 17.9. The molecule has 206 valence electrons. The van der Waals surface area contributed by atoms with Crippen LogP contribution in [-0.2, 0) is 14.3 Å². The van der Waals surface area contributed by atoms with E-state index < -0.39 is 42.2 Å². The fourth-order valence-corrected chi connectivity index (χ4v) is 4.43. The van der Waals surface area contributed by atoms with Crippen molar-refractivity contribution in [3.05, 3.63) is 59.2 Å². The Morgan fingerprint density at radius 3 is 2.24 bits per heavy atom. The van der Waals surface area contributed by atoms with Crippen LogP contribution in [0.4, 0.5) is 10.5 Å². The van der Waals surface area contributed by atoms with Crippen LogP contribution in [0.5, 0.6) is 5.75 Å². The van der Waals surface area contributed by atoms with E-state index in [-0.39, 0.29) is 6.04 Å². The van der Waals surface area contributed by atoms with Crippen molar-refractivity contribution in [3.8, 4) is 5.75 Å². The monoisotopic (exact) mass is 525 g/mol. The van der Waals surface area contributed by atoms with Crippen LogP contribution in [0, 0.1) is 13.8 Å². The Balaban J connectivity index is 2.00. The molecule has 1 aliphatic rings. The van der Waals surface area contributed by atoms with Crippen molar-refractivity contribution < 1.29 is 29.0 Å². The highest BCUT2D eigenvalue weighted by atomic mass is 16.6. The molecule has 2 unspecified atom stereocenters. The molecule has 9 heteroatoms. The molecular weight excluding hydrogens is 486 g/mol. The number of rotatable bonds is 9. The Kier molecular flexibility index (Phi) is 9.38. The van der Waals surface area contributed by atoms with Gasteiger partial charge in [-0.05, 0) is 89.3 Å². The van der Waals surface area contributed by atoms with Crippen molar-refractivity contribution in [3.63, 3.8) is 0 Å². The maximum atomic E-state index is 13.9. The molecule has 9 nitrogen and oxygen atoms in total. The predicted octanol–water partition coefficient (Wildman–Crippen LogP) is 4.26. The second-order valence-corrected chi connectivity index (χ2v) is 10.7. The molecule has 3 amide bonds. The molecule has 2 aromatic carbocycles. The highest BCUT2D eigenvalue weighted by molar-refractivity contribution is 5.99.